The van der Waals surface area contributed by atoms with Gasteiger partial charge in [-0.25, -0.2) is 27.7 Å². The first-order valence-corrected chi connectivity index (χ1v) is 12.6. The first kappa shape index (κ1) is 29.1. The van der Waals surface area contributed by atoms with Crippen LogP contribution in [0.4, 0.5) is 32.2 Å². The molecule has 11 nitrogen and oxygen atoms in total. The molecule has 1 saturated heterocycles. The lowest BCUT2D eigenvalue weighted by atomic mass is 9.80. The normalized spacial score (nSPS) is 20.3. The molecule has 0 unspecified atom stereocenters. The zero-order chi connectivity index (χ0) is 30.6. The number of carbonyl (C=O) groups is 3. The maximum absolute atomic E-state index is 14.8. The van der Waals surface area contributed by atoms with Gasteiger partial charge in [0.2, 0.25) is 23.6 Å². The number of likely N-dealkylation sites (tertiary alicyclic amines) is 1. The molecule has 3 aromatic rings. The van der Waals surface area contributed by atoms with Gasteiger partial charge in [-0.1, -0.05) is 0 Å². The molecule has 224 valence electrons. The van der Waals surface area contributed by atoms with Crippen molar-refractivity contribution in [1.29, 1.82) is 0 Å². The maximum Gasteiger partial charge on any atom is 0.418 e. The van der Waals surface area contributed by atoms with Crippen molar-refractivity contribution >= 4 is 29.1 Å². The number of hydrogen-bond acceptors (Lipinski definition) is 7. The van der Waals surface area contributed by atoms with Gasteiger partial charge in [0.25, 0.3) is 5.91 Å². The molecule has 0 spiro atoms. The number of aromatic nitrogens is 4. The molecule has 0 radical (unpaired) electrons. The minimum atomic E-state index is -4.88. The van der Waals surface area contributed by atoms with Crippen LogP contribution in [0.1, 0.15) is 35.7 Å². The molecular weight excluding hydrogens is 576 g/mol. The van der Waals surface area contributed by atoms with Crippen LogP contribution in [0.25, 0.3) is 16.8 Å². The minimum Gasteiger partial charge on any atom is -0.480 e. The Bertz CT molecular complexity index is 1570. The highest BCUT2D eigenvalue weighted by Crippen LogP contribution is 2.44. The van der Waals surface area contributed by atoms with Gasteiger partial charge in [-0.05, 0) is 12.1 Å². The van der Waals surface area contributed by atoms with Crippen molar-refractivity contribution in [2.75, 3.05) is 25.5 Å². The van der Waals surface area contributed by atoms with Crippen LogP contribution >= 0.6 is 0 Å². The first-order valence-electron chi connectivity index (χ1n) is 12.6. The van der Waals surface area contributed by atoms with Gasteiger partial charge in [-0.2, -0.15) is 18.3 Å². The number of amides is 3. The van der Waals surface area contributed by atoms with Gasteiger partial charge in [0, 0.05) is 44.0 Å². The third-order valence-electron chi connectivity index (χ3n) is 7.06. The van der Waals surface area contributed by atoms with Gasteiger partial charge in [0.15, 0.2) is 5.82 Å². The molecule has 0 bridgehead atoms. The number of alkyl halides is 6. The maximum atomic E-state index is 14.8. The molecule has 1 saturated carbocycles. The molecule has 17 heteroatoms. The third-order valence-corrected chi connectivity index (χ3v) is 7.06. The third kappa shape index (κ3) is 5.42. The van der Waals surface area contributed by atoms with Crippen LogP contribution in [0.15, 0.2) is 24.7 Å². The Morgan fingerprint density at radius 1 is 1.12 bits per heavy atom. The van der Waals surface area contributed by atoms with Crippen LogP contribution in [0, 0.1) is 5.92 Å². The summed E-state index contributed by atoms with van der Waals surface area (Å²) in [5, 5.41) is 8.56. The predicted molar refractivity (Wildman–Crippen MR) is 132 cm³/mol. The summed E-state index contributed by atoms with van der Waals surface area (Å²) in [5.74, 6) is -6.65. The molecule has 2 aliphatic rings. The Balaban J connectivity index is 1.44. The van der Waals surface area contributed by atoms with Gasteiger partial charge in [0.1, 0.15) is 23.6 Å². The Labute approximate surface area is 233 Å². The first-order chi connectivity index (χ1) is 19.7. The SMILES string of the molecule is COc1ncc(-c2cc(C(F)(F)F)c3c(NC(C)=O)ncnn23)cc1C(=O)N[C@@H]1CN(C(=O)C2CC(F)(F)C2)C[C@@H]1F. The number of ether oxygens (including phenoxy) is 1. The van der Waals surface area contributed by atoms with Crippen molar-refractivity contribution in [3.63, 3.8) is 0 Å². The highest BCUT2D eigenvalue weighted by molar-refractivity contribution is 5.98. The molecule has 42 heavy (non-hydrogen) atoms. The number of hydrogen-bond donors (Lipinski definition) is 2. The average molecular weight is 599 g/mol. The average Bonchev–Trinajstić information content (AvgIpc) is 3.47. The van der Waals surface area contributed by atoms with Crippen LogP contribution in [0.2, 0.25) is 0 Å². The van der Waals surface area contributed by atoms with Gasteiger partial charge in [-0.3, -0.25) is 14.4 Å². The largest absolute Gasteiger partial charge is 0.480 e. The molecule has 2 N–H and O–H groups in total. The summed E-state index contributed by atoms with van der Waals surface area (Å²) in [6.07, 6.45) is -5.74. The minimum absolute atomic E-state index is 0.00939. The molecule has 3 amide bonds. The number of pyridine rings is 1. The molecular formula is C25H23F6N7O4. The summed E-state index contributed by atoms with van der Waals surface area (Å²) in [4.78, 5) is 46.1. The van der Waals surface area contributed by atoms with Gasteiger partial charge >= 0.3 is 6.18 Å². The molecule has 4 heterocycles. The smallest absolute Gasteiger partial charge is 0.418 e. The number of rotatable bonds is 6. The number of methoxy groups -OCH3 is 1. The van der Waals surface area contributed by atoms with Gasteiger partial charge in [-0.15, -0.1) is 0 Å². The summed E-state index contributed by atoms with van der Waals surface area (Å²) >= 11 is 0. The van der Waals surface area contributed by atoms with Crippen LogP contribution in [0.5, 0.6) is 5.88 Å². The fourth-order valence-electron chi connectivity index (χ4n) is 5.06. The van der Waals surface area contributed by atoms with E-state index in [2.05, 4.69) is 25.7 Å². The van der Waals surface area contributed by atoms with E-state index in [1.807, 2.05) is 0 Å². The van der Waals surface area contributed by atoms with Crippen LogP contribution in [-0.4, -0.2) is 80.5 Å². The Kier molecular flexibility index (Phi) is 7.22. The molecule has 5 rings (SSSR count). The zero-order valence-electron chi connectivity index (χ0n) is 22.0. The predicted octanol–water partition coefficient (Wildman–Crippen LogP) is 3.10. The van der Waals surface area contributed by atoms with Crippen molar-refractivity contribution in [2.24, 2.45) is 5.92 Å². The topological polar surface area (TPSA) is 131 Å². The molecule has 0 aromatic carbocycles. The van der Waals surface area contributed by atoms with Crippen LogP contribution in [0.3, 0.4) is 0 Å². The quantitative estimate of drug-likeness (QED) is 0.417. The highest BCUT2D eigenvalue weighted by atomic mass is 19.4. The number of nitrogens with zero attached hydrogens (tertiary/aromatic N) is 5. The van der Waals surface area contributed by atoms with Crippen LogP contribution in [-0.2, 0) is 15.8 Å². The lowest BCUT2D eigenvalue weighted by Gasteiger charge is -2.36. The summed E-state index contributed by atoms with van der Waals surface area (Å²) < 4.78 is 89.1. The lowest BCUT2D eigenvalue weighted by Crippen LogP contribution is -2.47. The van der Waals surface area contributed by atoms with Crippen LogP contribution < -0.4 is 15.4 Å². The van der Waals surface area contributed by atoms with E-state index in [0.29, 0.717) is 0 Å². The number of anilines is 1. The van der Waals surface area contributed by atoms with Crippen molar-refractivity contribution < 1.29 is 45.5 Å². The molecule has 3 aromatic heterocycles. The fourth-order valence-corrected chi connectivity index (χ4v) is 5.06. The van der Waals surface area contributed by atoms with Crippen molar-refractivity contribution in [3.05, 3.63) is 35.8 Å². The summed E-state index contributed by atoms with van der Waals surface area (Å²) in [6.45, 7) is 0.444. The highest BCUT2D eigenvalue weighted by Gasteiger charge is 2.51. The Morgan fingerprint density at radius 2 is 1.83 bits per heavy atom. The second-order valence-corrected chi connectivity index (χ2v) is 10.1. The van der Waals surface area contributed by atoms with E-state index in [9.17, 15) is 40.7 Å². The second-order valence-electron chi connectivity index (χ2n) is 10.1. The van der Waals surface area contributed by atoms with E-state index < -0.39 is 84.2 Å². The van der Waals surface area contributed by atoms with Crippen molar-refractivity contribution in [3.8, 4) is 17.1 Å². The molecule has 2 fully saturated rings. The van der Waals surface area contributed by atoms with E-state index in [1.54, 1.807) is 0 Å². The Morgan fingerprint density at radius 3 is 2.45 bits per heavy atom. The van der Waals surface area contributed by atoms with E-state index >= 15 is 0 Å². The van der Waals surface area contributed by atoms with Crippen molar-refractivity contribution in [1.82, 2.24) is 29.8 Å². The van der Waals surface area contributed by atoms with E-state index in [0.717, 1.165) is 34.9 Å². The molecule has 2 atom stereocenters. The van der Waals surface area contributed by atoms with Gasteiger partial charge < -0.3 is 20.3 Å². The molecule has 1 aliphatic heterocycles. The number of fused-ring (bicyclic) bond motifs is 1. The standard InChI is InChI=1S/C25H23F6N7O4/c1-11(39)35-20-19-15(25(29,30)31)4-18(38(19)34-10-33-20)12-3-14(22(42-2)32-7-12)21(40)36-17-9-37(8-16(17)26)23(41)13-5-24(27,28)6-13/h3-4,7,10,13,16-17H,5-6,8-9H2,1-2H3,(H,36,40)(H,33,34,35,39)/t16-,17+/m0/s1. The summed E-state index contributed by atoms with van der Waals surface area (Å²) in [6, 6.07) is 0.738. The second kappa shape index (κ2) is 10.4. The monoisotopic (exact) mass is 599 g/mol. The number of halogens is 6. The zero-order valence-corrected chi connectivity index (χ0v) is 22.0. The fraction of sp³-hybridized carbons (Fsp3) is 0.440. The summed E-state index contributed by atoms with van der Waals surface area (Å²) in [7, 11) is 1.20. The van der Waals surface area contributed by atoms with E-state index in [4.69, 9.17) is 4.74 Å². The van der Waals surface area contributed by atoms with E-state index in [-0.39, 0.29) is 29.2 Å². The molecule has 1 aliphatic carbocycles. The van der Waals surface area contributed by atoms with E-state index in [1.165, 1.54) is 13.2 Å². The summed E-state index contributed by atoms with van der Waals surface area (Å²) in [5.41, 5.74) is -2.13. The number of nitrogens with one attached hydrogen (secondary N) is 2. The van der Waals surface area contributed by atoms with Gasteiger partial charge in [0.05, 0.1) is 31.0 Å². The van der Waals surface area contributed by atoms with Crippen molar-refractivity contribution in [2.45, 2.75) is 44.1 Å². The lowest BCUT2D eigenvalue weighted by molar-refractivity contribution is -0.159. The number of carbonyl (C=O) groups excluding carboxylic acids is 3. The Hall–Kier alpha value is -4.44.